The quantitative estimate of drug-likeness (QED) is 0.760. The molecule has 1 heterocycles. The maximum Gasteiger partial charge on any atom is 0.222 e. The van der Waals surface area contributed by atoms with Crippen molar-refractivity contribution in [2.24, 2.45) is 0 Å². The summed E-state index contributed by atoms with van der Waals surface area (Å²) >= 11 is 5.88. The first-order valence-electron chi connectivity index (χ1n) is 7.60. The van der Waals surface area contributed by atoms with E-state index < -0.39 is 0 Å². The fourth-order valence-corrected chi connectivity index (χ4v) is 2.73. The Hall–Kier alpha value is -1.76. The van der Waals surface area contributed by atoms with Gasteiger partial charge in [0.2, 0.25) is 5.95 Å². The molecule has 1 fully saturated rings. The van der Waals surface area contributed by atoms with Crippen LogP contribution in [0.3, 0.4) is 0 Å². The van der Waals surface area contributed by atoms with Gasteiger partial charge >= 0.3 is 0 Å². The highest BCUT2D eigenvalue weighted by Gasteiger charge is 2.21. The molecule has 0 bridgehead atoms. The molecule has 1 saturated carbocycles. The molecular formula is C16H20Cl2N4O2. The minimum Gasteiger partial charge on any atom is -0.452 e. The molecule has 6 nitrogen and oxygen atoms in total. The number of ether oxygens (including phenoxy) is 1. The number of benzene rings is 1. The molecule has 0 saturated heterocycles. The van der Waals surface area contributed by atoms with Crippen LogP contribution < -0.4 is 15.8 Å². The zero-order valence-corrected chi connectivity index (χ0v) is 14.6. The molecule has 1 aromatic heterocycles. The summed E-state index contributed by atoms with van der Waals surface area (Å²) < 4.78 is 5.83. The van der Waals surface area contributed by atoms with Gasteiger partial charge in [-0.2, -0.15) is 4.98 Å². The van der Waals surface area contributed by atoms with Gasteiger partial charge in [0.15, 0.2) is 11.6 Å². The zero-order chi connectivity index (χ0) is 16.2. The average molecular weight is 371 g/mol. The second-order valence-electron chi connectivity index (χ2n) is 5.65. The highest BCUT2D eigenvalue weighted by atomic mass is 35.5. The predicted octanol–water partition coefficient (Wildman–Crippen LogP) is 3.64. The van der Waals surface area contributed by atoms with Gasteiger partial charge in [-0.25, -0.2) is 4.98 Å². The van der Waals surface area contributed by atoms with Crippen LogP contribution in [0.15, 0.2) is 30.5 Å². The fraction of sp³-hybridized carbons (Fsp3) is 0.375. The van der Waals surface area contributed by atoms with Crippen LogP contribution >= 0.6 is 24.0 Å². The molecule has 3 rings (SSSR count). The first kappa shape index (κ1) is 18.6. The number of nitrogens with zero attached hydrogens (tertiary/aromatic N) is 2. The van der Waals surface area contributed by atoms with Gasteiger partial charge in [-0.15, -0.1) is 12.4 Å². The van der Waals surface area contributed by atoms with E-state index in [1.54, 1.807) is 30.5 Å². The number of halogens is 2. The number of hydrogen-bond donors (Lipinski definition) is 3. The number of nitrogens with one attached hydrogen (secondary N) is 1. The van der Waals surface area contributed by atoms with Gasteiger partial charge in [-0.3, -0.25) is 0 Å². The summed E-state index contributed by atoms with van der Waals surface area (Å²) in [7, 11) is 0. The largest absolute Gasteiger partial charge is 0.452 e. The number of anilines is 2. The first-order chi connectivity index (χ1) is 11.1. The lowest BCUT2D eigenvalue weighted by atomic mass is 9.93. The Morgan fingerprint density at radius 1 is 1.17 bits per heavy atom. The Balaban J connectivity index is 0.00000208. The van der Waals surface area contributed by atoms with Crippen LogP contribution in [0, 0.1) is 0 Å². The van der Waals surface area contributed by atoms with Gasteiger partial charge < -0.3 is 20.9 Å². The van der Waals surface area contributed by atoms with E-state index in [0.29, 0.717) is 22.3 Å². The number of aromatic nitrogens is 2. The van der Waals surface area contributed by atoms with Gasteiger partial charge in [0.25, 0.3) is 0 Å². The predicted molar refractivity (Wildman–Crippen MR) is 97.1 cm³/mol. The van der Waals surface area contributed by atoms with Gasteiger partial charge in [0, 0.05) is 11.1 Å². The first-order valence-corrected chi connectivity index (χ1v) is 7.98. The highest BCUT2D eigenvalue weighted by molar-refractivity contribution is 6.30. The summed E-state index contributed by atoms with van der Waals surface area (Å²) in [4.78, 5) is 8.24. The summed E-state index contributed by atoms with van der Waals surface area (Å²) in [6.07, 6.45) is 4.68. The van der Waals surface area contributed by atoms with E-state index >= 15 is 0 Å². The van der Waals surface area contributed by atoms with Crippen molar-refractivity contribution in [3.63, 3.8) is 0 Å². The molecule has 0 unspecified atom stereocenters. The summed E-state index contributed by atoms with van der Waals surface area (Å²) in [5.41, 5.74) is 5.69. The van der Waals surface area contributed by atoms with E-state index in [0.717, 1.165) is 25.7 Å². The van der Waals surface area contributed by atoms with Gasteiger partial charge in [0.1, 0.15) is 5.75 Å². The zero-order valence-electron chi connectivity index (χ0n) is 13.0. The highest BCUT2D eigenvalue weighted by Crippen LogP contribution is 2.31. The third kappa shape index (κ3) is 4.87. The Morgan fingerprint density at radius 3 is 2.50 bits per heavy atom. The lowest BCUT2D eigenvalue weighted by Gasteiger charge is -2.27. The van der Waals surface area contributed by atoms with Gasteiger partial charge in [0.05, 0.1) is 12.3 Å². The molecule has 8 heteroatoms. The second-order valence-corrected chi connectivity index (χ2v) is 6.08. The molecule has 1 aromatic carbocycles. The monoisotopic (exact) mass is 370 g/mol. The smallest absolute Gasteiger partial charge is 0.222 e. The molecule has 24 heavy (non-hydrogen) atoms. The van der Waals surface area contributed by atoms with Crippen molar-refractivity contribution in [3.05, 3.63) is 35.5 Å². The number of aliphatic hydroxyl groups is 1. The van der Waals surface area contributed by atoms with E-state index in [1.165, 1.54) is 0 Å². The van der Waals surface area contributed by atoms with E-state index in [1.807, 2.05) is 0 Å². The van der Waals surface area contributed by atoms with E-state index in [4.69, 9.17) is 22.1 Å². The van der Waals surface area contributed by atoms with Crippen molar-refractivity contribution < 1.29 is 9.84 Å². The molecule has 1 aliphatic rings. The van der Waals surface area contributed by atoms with Crippen molar-refractivity contribution in [2.75, 3.05) is 11.1 Å². The van der Waals surface area contributed by atoms with E-state index in [9.17, 15) is 5.11 Å². The normalized spacial score (nSPS) is 20.1. The lowest BCUT2D eigenvalue weighted by molar-refractivity contribution is 0.126. The topological polar surface area (TPSA) is 93.3 Å². The van der Waals surface area contributed by atoms with Crippen LogP contribution in [0.2, 0.25) is 5.02 Å². The van der Waals surface area contributed by atoms with Crippen molar-refractivity contribution in [1.82, 2.24) is 9.97 Å². The Labute approximate surface area is 151 Å². The van der Waals surface area contributed by atoms with Crippen molar-refractivity contribution in [1.29, 1.82) is 0 Å². The Kier molecular flexibility index (Phi) is 6.48. The van der Waals surface area contributed by atoms with Crippen LogP contribution in [0.25, 0.3) is 0 Å². The van der Waals surface area contributed by atoms with Gasteiger partial charge in [-0.1, -0.05) is 11.6 Å². The van der Waals surface area contributed by atoms with Crippen LogP contribution in [-0.2, 0) is 0 Å². The van der Waals surface area contributed by atoms with Crippen LogP contribution in [-0.4, -0.2) is 27.2 Å². The summed E-state index contributed by atoms with van der Waals surface area (Å²) in [5.74, 6) is 1.90. The average Bonchev–Trinajstić information content (AvgIpc) is 2.54. The number of hydrogen-bond acceptors (Lipinski definition) is 6. The van der Waals surface area contributed by atoms with Crippen molar-refractivity contribution in [3.8, 4) is 11.5 Å². The van der Waals surface area contributed by atoms with Crippen LogP contribution in [0.4, 0.5) is 11.8 Å². The number of aliphatic hydroxyl groups excluding tert-OH is 1. The molecule has 0 radical (unpaired) electrons. The number of nitrogens with two attached hydrogens (primary N) is 1. The Bertz CT molecular complexity index is 662. The van der Waals surface area contributed by atoms with E-state index in [-0.39, 0.29) is 30.5 Å². The second kappa shape index (κ2) is 8.37. The molecule has 0 aliphatic heterocycles. The molecule has 1 aliphatic carbocycles. The van der Waals surface area contributed by atoms with Crippen LogP contribution in [0.1, 0.15) is 25.7 Å². The molecule has 0 amide bonds. The number of rotatable bonds is 4. The molecule has 4 N–H and O–H groups in total. The molecule has 2 aromatic rings. The molecule has 0 atom stereocenters. The van der Waals surface area contributed by atoms with Crippen molar-refractivity contribution >= 4 is 35.8 Å². The Morgan fingerprint density at radius 2 is 1.83 bits per heavy atom. The molecule has 130 valence electrons. The van der Waals surface area contributed by atoms with Crippen molar-refractivity contribution in [2.45, 2.75) is 37.8 Å². The fourth-order valence-electron chi connectivity index (χ4n) is 2.61. The standard InChI is InChI=1S/C16H19ClN4O2.ClH/c17-10-1-7-13(8-2-10)23-14-9-19-16(18)21-15(14)20-11-3-5-12(22)6-4-11;/h1-2,7-9,11-12,22H,3-6H2,(H3,18,19,20,21);1H/t11-,12-;. The third-order valence-electron chi connectivity index (χ3n) is 3.85. The molecule has 0 spiro atoms. The van der Waals surface area contributed by atoms with E-state index in [2.05, 4.69) is 15.3 Å². The summed E-state index contributed by atoms with van der Waals surface area (Å²) in [6.45, 7) is 0. The minimum absolute atomic E-state index is 0. The SMILES string of the molecule is Cl.Nc1ncc(Oc2ccc(Cl)cc2)c(N[C@H]2CC[C@H](O)CC2)n1. The third-order valence-corrected chi connectivity index (χ3v) is 4.10. The maximum atomic E-state index is 9.60. The van der Waals surface area contributed by atoms with Crippen LogP contribution in [0.5, 0.6) is 11.5 Å². The number of nitrogen functional groups attached to an aromatic ring is 1. The summed E-state index contributed by atoms with van der Waals surface area (Å²) in [5, 5.41) is 13.6. The molecular weight excluding hydrogens is 351 g/mol. The summed E-state index contributed by atoms with van der Waals surface area (Å²) in [6, 6.07) is 7.30. The lowest BCUT2D eigenvalue weighted by Crippen LogP contribution is -2.28. The maximum absolute atomic E-state index is 9.60. The van der Waals surface area contributed by atoms with Gasteiger partial charge in [-0.05, 0) is 49.9 Å². The minimum atomic E-state index is -0.201.